The minimum absolute atomic E-state index is 0.184. The Hall–Kier alpha value is -0.430. The second-order valence-electron chi connectivity index (χ2n) is 4.92. The lowest BCUT2D eigenvalue weighted by molar-refractivity contribution is 0.428. The van der Waals surface area contributed by atoms with Gasteiger partial charge in [-0.15, -0.1) is 11.3 Å². The van der Waals surface area contributed by atoms with Crippen molar-refractivity contribution in [3.05, 3.63) is 17.5 Å². The fourth-order valence-corrected chi connectivity index (χ4v) is 5.68. The molecule has 4 nitrogen and oxygen atoms in total. The summed E-state index contributed by atoms with van der Waals surface area (Å²) in [4.78, 5) is 0. The van der Waals surface area contributed by atoms with Crippen LogP contribution in [0, 0.1) is 11.8 Å². The molecule has 2 heterocycles. The van der Waals surface area contributed by atoms with Crippen LogP contribution < -0.4 is 5.73 Å². The van der Waals surface area contributed by atoms with Gasteiger partial charge in [-0.25, -0.2) is 8.42 Å². The monoisotopic (exact) mass is 272 g/mol. The van der Waals surface area contributed by atoms with E-state index in [4.69, 9.17) is 5.73 Å². The lowest BCUT2D eigenvalue weighted by Gasteiger charge is -2.17. The topological polar surface area (TPSA) is 63.4 Å². The minimum Gasteiger partial charge on any atom is -0.327 e. The summed E-state index contributed by atoms with van der Waals surface area (Å²) in [6.45, 7) is 1.25. The number of hydrogen-bond acceptors (Lipinski definition) is 4. The molecular weight excluding hydrogens is 256 g/mol. The summed E-state index contributed by atoms with van der Waals surface area (Å²) < 4.78 is 26.7. The van der Waals surface area contributed by atoms with Crippen LogP contribution in [-0.4, -0.2) is 31.9 Å². The molecule has 0 radical (unpaired) electrons. The van der Waals surface area contributed by atoms with Gasteiger partial charge in [-0.05, 0) is 36.1 Å². The van der Waals surface area contributed by atoms with Crippen LogP contribution >= 0.6 is 11.3 Å². The Labute approximate surface area is 105 Å². The number of sulfonamides is 1. The summed E-state index contributed by atoms with van der Waals surface area (Å²) in [6.07, 6.45) is 2.12. The van der Waals surface area contributed by atoms with E-state index in [1.165, 1.54) is 11.3 Å². The molecule has 3 rings (SSSR count). The van der Waals surface area contributed by atoms with Crippen LogP contribution in [-0.2, 0) is 10.0 Å². The number of nitrogens with zero attached hydrogens (tertiary/aromatic N) is 1. The predicted molar refractivity (Wildman–Crippen MR) is 67.3 cm³/mol. The molecule has 1 saturated heterocycles. The van der Waals surface area contributed by atoms with Crippen molar-refractivity contribution in [1.29, 1.82) is 0 Å². The molecule has 1 aliphatic carbocycles. The van der Waals surface area contributed by atoms with Crippen LogP contribution in [0.1, 0.15) is 12.8 Å². The molecule has 2 aliphatic rings. The van der Waals surface area contributed by atoms with Crippen LogP contribution in [0.3, 0.4) is 0 Å². The number of thiophene rings is 1. The molecule has 1 aliphatic heterocycles. The van der Waals surface area contributed by atoms with E-state index in [1.54, 1.807) is 21.8 Å². The SMILES string of the molecule is NC1CCC2CN(S(=O)(=O)c3cccs3)CC12. The predicted octanol–water partition coefficient (Wildman–Crippen LogP) is 1.11. The molecule has 0 spiro atoms. The van der Waals surface area contributed by atoms with Crippen molar-refractivity contribution in [2.24, 2.45) is 17.6 Å². The van der Waals surface area contributed by atoms with Gasteiger partial charge in [0.2, 0.25) is 0 Å². The Kier molecular flexibility index (Phi) is 2.77. The van der Waals surface area contributed by atoms with Crippen LogP contribution in [0.5, 0.6) is 0 Å². The highest BCUT2D eigenvalue weighted by molar-refractivity contribution is 7.91. The summed E-state index contributed by atoms with van der Waals surface area (Å²) in [5.41, 5.74) is 6.03. The van der Waals surface area contributed by atoms with Crippen LogP contribution in [0.2, 0.25) is 0 Å². The number of nitrogens with two attached hydrogens (primary N) is 1. The molecule has 94 valence electrons. The maximum atomic E-state index is 12.3. The van der Waals surface area contributed by atoms with Crippen molar-refractivity contribution < 1.29 is 8.42 Å². The van der Waals surface area contributed by atoms with E-state index >= 15 is 0 Å². The summed E-state index contributed by atoms with van der Waals surface area (Å²) in [6, 6.07) is 3.64. The molecule has 6 heteroatoms. The van der Waals surface area contributed by atoms with Gasteiger partial charge in [-0.3, -0.25) is 0 Å². The second kappa shape index (κ2) is 4.05. The molecule has 3 unspecified atom stereocenters. The van der Waals surface area contributed by atoms with E-state index in [2.05, 4.69) is 0 Å². The molecule has 0 amide bonds. The molecule has 2 fully saturated rings. The zero-order valence-corrected chi connectivity index (χ0v) is 11.1. The van der Waals surface area contributed by atoms with E-state index < -0.39 is 10.0 Å². The zero-order valence-electron chi connectivity index (χ0n) is 9.45. The molecule has 0 bridgehead atoms. The highest BCUT2D eigenvalue weighted by atomic mass is 32.2. The second-order valence-corrected chi connectivity index (χ2v) is 8.03. The zero-order chi connectivity index (χ0) is 12.0. The molecule has 3 atom stereocenters. The van der Waals surface area contributed by atoms with Gasteiger partial charge in [0.25, 0.3) is 10.0 Å². The fourth-order valence-electron chi connectivity index (χ4n) is 3.00. The highest BCUT2D eigenvalue weighted by Crippen LogP contribution is 2.39. The van der Waals surface area contributed by atoms with Gasteiger partial charge in [0, 0.05) is 19.1 Å². The first-order valence-electron chi connectivity index (χ1n) is 5.88. The molecule has 0 aromatic carbocycles. The smallest absolute Gasteiger partial charge is 0.252 e. The highest BCUT2D eigenvalue weighted by Gasteiger charge is 2.45. The van der Waals surface area contributed by atoms with Gasteiger partial charge in [-0.1, -0.05) is 6.07 Å². The summed E-state index contributed by atoms with van der Waals surface area (Å²) in [5.74, 6) is 0.837. The van der Waals surface area contributed by atoms with Crippen molar-refractivity contribution in [3.63, 3.8) is 0 Å². The van der Waals surface area contributed by atoms with Crippen LogP contribution in [0.4, 0.5) is 0 Å². The number of rotatable bonds is 2. The lowest BCUT2D eigenvalue weighted by atomic mass is 9.98. The molecule has 17 heavy (non-hydrogen) atoms. The largest absolute Gasteiger partial charge is 0.327 e. The molecular formula is C11H16N2O2S2. The maximum Gasteiger partial charge on any atom is 0.252 e. The quantitative estimate of drug-likeness (QED) is 0.877. The minimum atomic E-state index is -3.26. The standard InChI is InChI=1S/C11H16N2O2S2/c12-10-4-3-8-6-13(7-9(8)10)17(14,15)11-2-1-5-16-11/h1-2,5,8-10H,3-4,6-7,12H2. The molecule has 1 aromatic heterocycles. The summed E-state index contributed by atoms with van der Waals surface area (Å²) in [7, 11) is -3.26. The van der Waals surface area contributed by atoms with Crippen molar-refractivity contribution >= 4 is 21.4 Å². The van der Waals surface area contributed by atoms with Gasteiger partial charge in [0.15, 0.2) is 0 Å². The van der Waals surface area contributed by atoms with E-state index in [0.29, 0.717) is 29.1 Å². The van der Waals surface area contributed by atoms with Crippen molar-refractivity contribution in [2.75, 3.05) is 13.1 Å². The van der Waals surface area contributed by atoms with Crippen molar-refractivity contribution in [1.82, 2.24) is 4.31 Å². The summed E-state index contributed by atoms with van der Waals surface area (Å²) >= 11 is 1.28. The lowest BCUT2D eigenvalue weighted by Crippen LogP contribution is -2.33. The van der Waals surface area contributed by atoms with Gasteiger partial charge in [-0.2, -0.15) is 4.31 Å². The molecule has 1 saturated carbocycles. The van der Waals surface area contributed by atoms with Crippen LogP contribution in [0.15, 0.2) is 21.7 Å². The Morgan fingerprint density at radius 2 is 2.18 bits per heavy atom. The van der Waals surface area contributed by atoms with E-state index in [9.17, 15) is 8.42 Å². The average molecular weight is 272 g/mol. The summed E-state index contributed by atoms with van der Waals surface area (Å²) in [5, 5.41) is 1.80. The van der Waals surface area contributed by atoms with E-state index in [-0.39, 0.29) is 6.04 Å². The van der Waals surface area contributed by atoms with Gasteiger partial charge in [0.05, 0.1) is 0 Å². The van der Waals surface area contributed by atoms with Crippen molar-refractivity contribution in [3.8, 4) is 0 Å². The average Bonchev–Trinajstić information content (AvgIpc) is 2.96. The normalized spacial score (nSPS) is 34.1. The Balaban J connectivity index is 1.84. The van der Waals surface area contributed by atoms with E-state index in [1.807, 2.05) is 0 Å². The number of hydrogen-bond donors (Lipinski definition) is 1. The van der Waals surface area contributed by atoms with E-state index in [0.717, 1.165) is 12.8 Å². The van der Waals surface area contributed by atoms with Crippen LogP contribution in [0.25, 0.3) is 0 Å². The third kappa shape index (κ3) is 1.83. The maximum absolute atomic E-state index is 12.3. The Morgan fingerprint density at radius 3 is 2.82 bits per heavy atom. The molecule has 2 N–H and O–H groups in total. The third-order valence-corrected chi connectivity index (χ3v) is 7.17. The first-order valence-corrected chi connectivity index (χ1v) is 8.20. The first kappa shape index (κ1) is 11.6. The van der Waals surface area contributed by atoms with Gasteiger partial charge in [0.1, 0.15) is 4.21 Å². The van der Waals surface area contributed by atoms with Gasteiger partial charge >= 0.3 is 0 Å². The fraction of sp³-hybridized carbons (Fsp3) is 0.636. The third-order valence-electron chi connectivity index (χ3n) is 3.97. The number of fused-ring (bicyclic) bond motifs is 1. The first-order chi connectivity index (χ1) is 8.09. The van der Waals surface area contributed by atoms with Gasteiger partial charge < -0.3 is 5.73 Å². The Morgan fingerprint density at radius 1 is 1.35 bits per heavy atom. The van der Waals surface area contributed by atoms with Crippen molar-refractivity contribution in [2.45, 2.75) is 23.1 Å². The Bertz CT molecular complexity index is 498. The molecule has 1 aromatic rings.